The number of aryl methyl sites for hydroxylation is 2. The maximum absolute atomic E-state index is 12.2. The normalized spacial score (nSPS) is 13.6. The van der Waals surface area contributed by atoms with E-state index in [-0.39, 0.29) is 17.4 Å². The lowest BCUT2D eigenvalue weighted by Crippen LogP contribution is -2.39. The first-order valence-corrected chi connectivity index (χ1v) is 7.57. The van der Waals surface area contributed by atoms with Crippen LogP contribution < -0.4 is 4.72 Å². The van der Waals surface area contributed by atoms with Crippen molar-refractivity contribution in [3.63, 3.8) is 0 Å². The zero-order valence-corrected chi connectivity index (χ0v) is 12.3. The van der Waals surface area contributed by atoms with Gasteiger partial charge in [-0.15, -0.1) is 11.6 Å². The zero-order chi connectivity index (χ0) is 13.8. The Hall–Kier alpha value is -0.620. The maximum Gasteiger partial charge on any atom is 0.241 e. The van der Waals surface area contributed by atoms with Gasteiger partial charge in [-0.3, -0.25) is 0 Å². The molecule has 0 aromatic heterocycles. The molecular formula is C12H18ClNO3S. The molecule has 1 unspecified atom stereocenters. The molecule has 0 fully saturated rings. The smallest absolute Gasteiger partial charge is 0.241 e. The molecule has 1 aromatic rings. The monoisotopic (exact) mass is 291 g/mol. The van der Waals surface area contributed by atoms with E-state index in [0.717, 1.165) is 5.56 Å². The van der Waals surface area contributed by atoms with E-state index in [1.54, 1.807) is 19.1 Å². The van der Waals surface area contributed by atoms with E-state index in [2.05, 4.69) is 4.72 Å². The molecule has 0 bridgehead atoms. The predicted octanol–water partition coefficient (Wildman–Crippen LogP) is 1.84. The number of halogens is 1. The third-order valence-corrected chi connectivity index (χ3v) is 4.54. The number of benzene rings is 1. The first-order valence-electron chi connectivity index (χ1n) is 5.55. The van der Waals surface area contributed by atoms with Gasteiger partial charge in [0.05, 0.1) is 17.5 Å². The molecule has 6 heteroatoms. The van der Waals surface area contributed by atoms with Crippen LogP contribution in [0.15, 0.2) is 23.1 Å². The Morgan fingerprint density at radius 1 is 1.39 bits per heavy atom. The molecule has 0 spiro atoms. The summed E-state index contributed by atoms with van der Waals surface area (Å²) in [6.45, 7) is 3.86. The van der Waals surface area contributed by atoms with Crippen LogP contribution in [0.25, 0.3) is 0 Å². The second kappa shape index (κ2) is 6.52. The highest BCUT2D eigenvalue weighted by Crippen LogP contribution is 2.17. The van der Waals surface area contributed by atoms with Crippen molar-refractivity contribution < 1.29 is 13.2 Å². The summed E-state index contributed by atoms with van der Waals surface area (Å²) in [5, 5.41) is 0. The number of methoxy groups -OCH3 is 1. The molecule has 1 aromatic carbocycles. The van der Waals surface area contributed by atoms with Gasteiger partial charge in [0.2, 0.25) is 10.0 Å². The molecule has 4 nitrogen and oxygen atoms in total. The van der Waals surface area contributed by atoms with Crippen LogP contribution in [0, 0.1) is 13.8 Å². The van der Waals surface area contributed by atoms with E-state index in [4.69, 9.17) is 16.3 Å². The Morgan fingerprint density at radius 3 is 2.61 bits per heavy atom. The minimum Gasteiger partial charge on any atom is -0.383 e. The van der Waals surface area contributed by atoms with E-state index in [1.165, 1.54) is 7.11 Å². The van der Waals surface area contributed by atoms with Gasteiger partial charge in [0.15, 0.2) is 0 Å². The molecule has 0 radical (unpaired) electrons. The van der Waals surface area contributed by atoms with Gasteiger partial charge in [-0.25, -0.2) is 13.1 Å². The van der Waals surface area contributed by atoms with E-state index >= 15 is 0 Å². The van der Waals surface area contributed by atoms with Gasteiger partial charge >= 0.3 is 0 Å². The summed E-state index contributed by atoms with van der Waals surface area (Å²) in [5.74, 6) is 0.165. The number of ether oxygens (including phenoxy) is 1. The molecule has 1 rings (SSSR count). The lowest BCUT2D eigenvalue weighted by Gasteiger charge is -2.16. The van der Waals surface area contributed by atoms with E-state index in [1.807, 2.05) is 13.0 Å². The van der Waals surface area contributed by atoms with Crippen molar-refractivity contribution in [2.75, 3.05) is 19.6 Å². The molecule has 0 aliphatic heterocycles. The second-order valence-corrected chi connectivity index (χ2v) is 6.19. The topological polar surface area (TPSA) is 55.4 Å². The van der Waals surface area contributed by atoms with Crippen molar-refractivity contribution in [3.05, 3.63) is 29.3 Å². The van der Waals surface area contributed by atoms with E-state index < -0.39 is 16.1 Å². The quantitative estimate of drug-likeness (QED) is 0.814. The Kier molecular flexibility index (Phi) is 5.59. The Morgan fingerprint density at radius 2 is 2.06 bits per heavy atom. The summed E-state index contributed by atoms with van der Waals surface area (Å²) < 4.78 is 31.9. The average Bonchev–Trinajstić information content (AvgIpc) is 2.31. The molecule has 0 saturated heterocycles. The molecule has 1 atom stereocenters. The van der Waals surface area contributed by atoms with Crippen molar-refractivity contribution in [2.24, 2.45) is 0 Å². The van der Waals surface area contributed by atoms with Crippen LogP contribution in [-0.4, -0.2) is 34.1 Å². The van der Waals surface area contributed by atoms with Gasteiger partial charge in [-0.05, 0) is 31.0 Å². The molecule has 0 aliphatic carbocycles. The SMILES string of the molecule is COCC(CCl)NS(=O)(=O)c1cc(C)ccc1C. The second-order valence-electron chi connectivity index (χ2n) is 4.20. The fourth-order valence-corrected chi connectivity index (χ4v) is 3.40. The van der Waals surface area contributed by atoms with Gasteiger partial charge in [0, 0.05) is 13.0 Å². The van der Waals surface area contributed by atoms with Gasteiger partial charge in [-0.2, -0.15) is 0 Å². The Labute approximate surface area is 113 Å². The first kappa shape index (κ1) is 15.4. The number of hydrogen-bond donors (Lipinski definition) is 1. The fraction of sp³-hybridized carbons (Fsp3) is 0.500. The molecule has 102 valence electrons. The number of hydrogen-bond acceptors (Lipinski definition) is 3. The first-order chi connectivity index (χ1) is 8.40. The Balaban J connectivity index is 3.02. The van der Waals surface area contributed by atoms with Crippen LogP contribution in [0.2, 0.25) is 0 Å². The summed E-state index contributed by atoms with van der Waals surface area (Å²) in [6, 6.07) is 4.88. The van der Waals surface area contributed by atoms with Crippen LogP contribution in [0.3, 0.4) is 0 Å². The molecule has 18 heavy (non-hydrogen) atoms. The van der Waals surface area contributed by atoms with Crippen molar-refractivity contribution in [1.82, 2.24) is 4.72 Å². The van der Waals surface area contributed by atoms with Gasteiger partial charge in [0.25, 0.3) is 0 Å². The minimum atomic E-state index is -3.56. The summed E-state index contributed by atoms with van der Waals surface area (Å²) >= 11 is 5.70. The lowest BCUT2D eigenvalue weighted by molar-refractivity contribution is 0.181. The summed E-state index contributed by atoms with van der Waals surface area (Å²) in [4.78, 5) is 0.286. The number of alkyl halides is 1. The van der Waals surface area contributed by atoms with E-state index in [0.29, 0.717) is 5.56 Å². The van der Waals surface area contributed by atoms with Gasteiger partial charge < -0.3 is 4.74 Å². The number of sulfonamides is 1. The van der Waals surface area contributed by atoms with Crippen molar-refractivity contribution >= 4 is 21.6 Å². The molecule has 0 heterocycles. The molecule has 0 aliphatic rings. The van der Waals surface area contributed by atoms with Crippen LogP contribution in [0.4, 0.5) is 0 Å². The van der Waals surface area contributed by atoms with Crippen molar-refractivity contribution in [3.8, 4) is 0 Å². The highest BCUT2D eigenvalue weighted by molar-refractivity contribution is 7.89. The van der Waals surface area contributed by atoms with Crippen molar-refractivity contribution in [2.45, 2.75) is 24.8 Å². The van der Waals surface area contributed by atoms with Crippen LogP contribution in [0.1, 0.15) is 11.1 Å². The van der Waals surface area contributed by atoms with Gasteiger partial charge in [0.1, 0.15) is 0 Å². The van der Waals surface area contributed by atoms with E-state index in [9.17, 15) is 8.42 Å². The van der Waals surface area contributed by atoms with Gasteiger partial charge in [-0.1, -0.05) is 12.1 Å². The summed E-state index contributed by atoms with van der Waals surface area (Å²) in [6.07, 6.45) is 0. The minimum absolute atomic E-state index is 0.165. The van der Waals surface area contributed by atoms with Crippen LogP contribution >= 0.6 is 11.6 Å². The highest BCUT2D eigenvalue weighted by Gasteiger charge is 2.21. The largest absolute Gasteiger partial charge is 0.383 e. The predicted molar refractivity (Wildman–Crippen MR) is 72.6 cm³/mol. The Bertz CT molecular complexity index is 502. The third-order valence-electron chi connectivity index (χ3n) is 2.51. The summed E-state index contributed by atoms with van der Waals surface area (Å²) in [7, 11) is -2.06. The number of rotatable bonds is 6. The number of nitrogens with one attached hydrogen (secondary N) is 1. The third kappa shape index (κ3) is 3.95. The van der Waals surface area contributed by atoms with Crippen molar-refractivity contribution in [1.29, 1.82) is 0 Å². The zero-order valence-electron chi connectivity index (χ0n) is 10.7. The maximum atomic E-state index is 12.2. The molecule has 0 amide bonds. The summed E-state index contributed by atoms with van der Waals surface area (Å²) in [5.41, 5.74) is 1.61. The van der Waals surface area contributed by atoms with Crippen LogP contribution in [-0.2, 0) is 14.8 Å². The molecular weight excluding hydrogens is 274 g/mol. The molecule has 1 N–H and O–H groups in total. The molecule has 0 saturated carbocycles. The standard InChI is InChI=1S/C12H18ClNO3S/c1-9-4-5-10(2)12(6-9)18(15,16)14-11(7-13)8-17-3/h4-6,11,14H,7-8H2,1-3H3. The lowest BCUT2D eigenvalue weighted by atomic mass is 10.2. The van der Waals surface area contributed by atoms with Crippen LogP contribution in [0.5, 0.6) is 0 Å². The fourth-order valence-electron chi connectivity index (χ4n) is 1.59. The highest BCUT2D eigenvalue weighted by atomic mass is 35.5. The average molecular weight is 292 g/mol.